The van der Waals surface area contributed by atoms with Crippen LogP contribution < -0.4 is 30.3 Å². The van der Waals surface area contributed by atoms with Crippen molar-refractivity contribution in [2.45, 2.75) is 0 Å². The topological polar surface area (TPSA) is 18.5 Å². The first-order valence-corrected chi connectivity index (χ1v) is 22.7. The molecule has 0 bridgehead atoms. The van der Waals surface area contributed by atoms with Crippen molar-refractivity contribution in [1.29, 1.82) is 0 Å². The Morgan fingerprint density at radius 3 is 1.58 bits per heavy atom. The van der Waals surface area contributed by atoms with Gasteiger partial charge < -0.3 is 9.05 Å². The highest BCUT2D eigenvalue weighted by Gasteiger charge is 2.34. The van der Waals surface area contributed by atoms with Crippen LogP contribution in [-0.4, -0.2) is 0 Å². The van der Waals surface area contributed by atoms with Crippen molar-refractivity contribution < 1.29 is 9.05 Å². The van der Waals surface area contributed by atoms with E-state index >= 15 is 0 Å². The standard InChI is InChI=1S/C56H38O2P2/c1-3-37-23-29-47-41(35-37)26-32-50-54(47)56-48-30-24-38(4-2)36-42(48)28-34-52(56)60(58-50)57-49-31-25-39-15-11-13-21-45(39)53(49)55-46-22-14-12-16-40(46)27-33-51(55)59(43-17-7-5-8-18-43)44-19-9-6-10-20-44/h3-36H,1-2H2. The second-order valence-electron chi connectivity index (χ2n) is 15.1. The Balaban J connectivity index is 1.17. The zero-order valence-corrected chi connectivity index (χ0v) is 34.5. The van der Waals surface area contributed by atoms with Crippen molar-refractivity contribution in [3.63, 3.8) is 0 Å². The molecule has 1 aliphatic heterocycles. The molecule has 284 valence electrons. The maximum atomic E-state index is 7.49. The number of fused-ring (bicyclic) bond motifs is 9. The summed E-state index contributed by atoms with van der Waals surface area (Å²) >= 11 is 0. The maximum Gasteiger partial charge on any atom is 0.326 e. The quantitative estimate of drug-likeness (QED) is 0.142. The van der Waals surface area contributed by atoms with E-state index in [1.165, 1.54) is 32.2 Å². The van der Waals surface area contributed by atoms with Gasteiger partial charge in [0.05, 0.1) is 5.30 Å². The minimum Gasteiger partial charge on any atom is -0.435 e. The molecule has 0 fully saturated rings. The van der Waals surface area contributed by atoms with Gasteiger partial charge in [-0.3, -0.25) is 0 Å². The van der Waals surface area contributed by atoms with Gasteiger partial charge in [-0.15, -0.1) is 0 Å². The van der Waals surface area contributed by atoms with Crippen LogP contribution >= 0.6 is 16.3 Å². The third-order valence-electron chi connectivity index (χ3n) is 11.6. The number of hydrogen-bond donors (Lipinski definition) is 0. The van der Waals surface area contributed by atoms with Crippen LogP contribution in [0.4, 0.5) is 0 Å². The molecule has 0 spiro atoms. The summed E-state index contributed by atoms with van der Waals surface area (Å²) in [5, 5.41) is 14.2. The van der Waals surface area contributed by atoms with E-state index in [4.69, 9.17) is 9.05 Å². The van der Waals surface area contributed by atoms with Crippen molar-refractivity contribution in [2.24, 2.45) is 0 Å². The first-order valence-electron chi connectivity index (χ1n) is 20.2. The number of hydrogen-bond acceptors (Lipinski definition) is 2. The summed E-state index contributed by atoms with van der Waals surface area (Å²) in [5.41, 5.74) is 6.66. The van der Waals surface area contributed by atoms with Crippen LogP contribution in [0.3, 0.4) is 0 Å². The molecule has 0 saturated heterocycles. The van der Waals surface area contributed by atoms with E-state index in [0.29, 0.717) is 0 Å². The van der Waals surface area contributed by atoms with Gasteiger partial charge in [0.2, 0.25) is 0 Å². The van der Waals surface area contributed by atoms with E-state index in [-0.39, 0.29) is 0 Å². The summed E-state index contributed by atoms with van der Waals surface area (Å²) in [7, 11) is -2.62. The lowest BCUT2D eigenvalue weighted by molar-refractivity contribution is 0.502. The Morgan fingerprint density at radius 2 is 0.950 bits per heavy atom. The first-order chi connectivity index (χ1) is 29.7. The zero-order chi connectivity index (χ0) is 40.2. The van der Waals surface area contributed by atoms with Gasteiger partial charge in [0.15, 0.2) is 0 Å². The Morgan fingerprint density at radius 1 is 0.433 bits per heavy atom. The molecule has 1 aliphatic rings. The van der Waals surface area contributed by atoms with Gasteiger partial charge in [0.25, 0.3) is 0 Å². The molecule has 0 amide bonds. The monoisotopic (exact) mass is 804 g/mol. The SMILES string of the molecule is C=Cc1ccc2c3c(ccc2c1)OP(Oc1ccc2ccccc2c1-c1c(P(c2ccccc2)c2ccccc2)ccc2ccccc12)c1ccc2cc(C=C)ccc2c1-3. The van der Waals surface area contributed by atoms with E-state index in [2.05, 4.69) is 207 Å². The van der Waals surface area contributed by atoms with Crippen LogP contribution in [0.5, 0.6) is 11.5 Å². The Kier molecular flexibility index (Phi) is 9.12. The third kappa shape index (κ3) is 6.11. The van der Waals surface area contributed by atoms with Crippen LogP contribution in [0.1, 0.15) is 11.1 Å². The van der Waals surface area contributed by atoms with Crippen LogP contribution in [0.25, 0.3) is 77.5 Å². The van der Waals surface area contributed by atoms with Gasteiger partial charge >= 0.3 is 8.38 Å². The van der Waals surface area contributed by atoms with Gasteiger partial charge in [-0.25, -0.2) is 0 Å². The van der Waals surface area contributed by atoms with E-state index in [0.717, 1.165) is 76.9 Å². The fourth-order valence-electron chi connectivity index (χ4n) is 8.84. The van der Waals surface area contributed by atoms with Crippen LogP contribution in [0.2, 0.25) is 0 Å². The Labute approximate surface area is 352 Å². The van der Waals surface area contributed by atoms with Crippen LogP contribution in [0.15, 0.2) is 207 Å². The first kappa shape index (κ1) is 36.3. The highest BCUT2D eigenvalue weighted by Crippen LogP contribution is 2.56. The molecule has 0 radical (unpaired) electrons. The average Bonchev–Trinajstić information content (AvgIpc) is 3.31. The highest BCUT2D eigenvalue weighted by molar-refractivity contribution is 7.80. The predicted molar refractivity (Wildman–Crippen MR) is 260 cm³/mol. The smallest absolute Gasteiger partial charge is 0.326 e. The maximum absolute atomic E-state index is 7.49. The normalized spacial score (nSPS) is 13.2. The van der Waals surface area contributed by atoms with Gasteiger partial charge in [0.1, 0.15) is 11.5 Å². The lowest BCUT2D eigenvalue weighted by Gasteiger charge is -2.31. The summed E-state index contributed by atoms with van der Waals surface area (Å²) in [6.45, 7) is 8.09. The Bertz CT molecular complexity index is 3280. The molecule has 2 nitrogen and oxygen atoms in total. The Hall–Kier alpha value is -6.82. The zero-order valence-electron chi connectivity index (χ0n) is 32.8. The molecule has 0 saturated carbocycles. The van der Waals surface area contributed by atoms with Crippen molar-refractivity contribution in [3.05, 3.63) is 218 Å². The minimum absolute atomic E-state index is 0.793. The van der Waals surface area contributed by atoms with Crippen LogP contribution in [-0.2, 0) is 0 Å². The van der Waals surface area contributed by atoms with Crippen molar-refractivity contribution in [3.8, 4) is 33.8 Å². The number of rotatable bonds is 8. The van der Waals surface area contributed by atoms with E-state index in [1.807, 2.05) is 12.2 Å². The summed E-state index contributed by atoms with van der Waals surface area (Å²) in [6, 6.07) is 70.2. The average molecular weight is 805 g/mol. The van der Waals surface area contributed by atoms with E-state index in [1.54, 1.807) is 0 Å². The largest absolute Gasteiger partial charge is 0.435 e. The van der Waals surface area contributed by atoms with E-state index < -0.39 is 16.3 Å². The van der Waals surface area contributed by atoms with Gasteiger partial charge in [0, 0.05) is 22.3 Å². The number of benzene rings is 10. The van der Waals surface area contributed by atoms with Crippen molar-refractivity contribution in [1.82, 2.24) is 0 Å². The molecule has 4 heteroatoms. The molecule has 1 unspecified atom stereocenters. The molecule has 0 aromatic heterocycles. The third-order valence-corrected chi connectivity index (χ3v) is 15.6. The second kappa shape index (κ2) is 15.1. The molecule has 1 atom stereocenters. The predicted octanol–water partition coefficient (Wildman–Crippen LogP) is 14.1. The van der Waals surface area contributed by atoms with Gasteiger partial charge in [-0.2, -0.15) is 0 Å². The van der Waals surface area contributed by atoms with E-state index in [9.17, 15) is 0 Å². The fraction of sp³-hybridized carbons (Fsp3) is 0. The summed E-state index contributed by atoms with van der Waals surface area (Å²) in [5.74, 6) is 1.61. The summed E-state index contributed by atoms with van der Waals surface area (Å²) < 4.78 is 14.6. The van der Waals surface area contributed by atoms with Gasteiger partial charge in [-0.05, 0) is 108 Å². The van der Waals surface area contributed by atoms with Crippen molar-refractivity contribution in [2.75, 3.05) is 0 Å². The molecule has 0 N–H and O–H groups in total. The molecule has 1 heterocycles. The molecular formula is C56H38O2P2. The van der Waals surface area contributed by atoms with Gasteiger partial charge in [-0.1, -0.05) is 189 Å². The second-order valence-corrected chi connectivity index (χ2v) is 18.6. The molecule has 60 heavy (non-hydrogen) atoms. The summed E-state index contributed by atoms with van der Waals surface area (Å²) in [4.78, 5) is 0. The fourth-order valence-corrected chi connectivity index (χ4v) is 12.8. The molecule has 10 aromatic carbocycles. The highest BCUT2D eigenvalue weighted by atomic mass is 31.2. The van der Waals surface area contributed by atoms with Crippen LogP contribution in [0, 0.1) is 0 Å². The minimum atomic E-state index is -1.65. The molecule has 11 rings (SSSR count). The molecular weight excluding hydrogens is 767 g/mol. The molecule has 0 aliphatic carbocycles. The lowest BCUT2D eigenvalue weighted by Crippen LogP contribution is -2.22. The van der Waals surface area contributed by atoms with Crippen molar-refractivity contribution >= 4 is 92.8 Å². The molecule has 10 aromatic rings. The summed E-state index contributed by atoms with van der Waals surface area (Å²) in [6.07, 6.45) is 3.80. The lowest BCUT2D eigenvalue weighted by atomic mass is 9.91.